The van der Waals surface area contributed by atoms with Crippen LogP contribution in [0.5, 0.6) is 0 Å². The zero-order chi connectivity index (χ0) is 29.1. The fourth-order valence-electron chi connectivity index (χ4n) is 6.15. The summed E-state index contributed by atoms with van der Waals surface area (Å²) in [5.41, 5.74) is 1.18. The molecule has 0 unspecified atom stereocenters. The van der Waals surface area contributed by atoms with Gasteiger partial charge in [0.2, 0.25) is 11.8 Å². The molecular weight excluding hydrogens is 544 g/mol. The molecule has 2 saturated carbocycles. The van der Waals surface area contributed by atoms with Crippen LogP contribution in [-0.4, -0.2) is 81.0 Å². The van der Waals surface area contributed by atoms with Crippen molar-refractivity contribution in [3.8, 4) is 0 Å². The number of piperazine rings is 1. The molecule has 11 heteroatoms. The number of carbonyl (C=O) groups excluding carboxylic acids is 3. The van der Waals surface area contributed by atoms with Crippen molar-refractivity contribution in [2.45, 2.75) is 88.9 Å². The summed E-state index contributed by atoms with van der Waals surface area (Å²) < 4.78 is 5.73. The van der Waals surface area contributed by atoms with Crippen LogP contribution in [0.4, 0.5) is 16.4 Å². The van der Waals surface area contributed by atoms with Crippen molar-refractivity contribution in [3.05, 3.63) is 46.7 Å². The average molecular weight is 581 g/mol. The van der Waals surface area contributed by atoms with Crippen molar-refractivity contribution in [2.24, 2.45) is 0 Å². The Morgan fingerprint density at radius 3 is 2.56 bits per heavy atom. The van der Waals surface area contributed by atoms with Crippen LogP contribution in [0.25, 0.3) is 0 Å². The van der Waals surface area contributed by atoms with Crippen LogP contribution in [0.2, 0.25) is 5.02 Å². The lowest BCUT2D eigenvalue weighted by atomic mass is 9.94. The lowest BCUT2D eigenvalue weighted by Crippen LogP contribution is -2.52. The van der Waals surface area contributed by atoms with Crippen LogP contribution in [0.15, 0.2) is 30.6 Å². The molecule has 0 bridgehead atoms. The summed E-state index contributed by atoms with van der Waals surface area (Å²) in [7, 11) is 0. The molecular formula is C30H37ClN6O4. The van der Waals surface area contributed by atoms with Gasteiger partial charge in [-0.25, -0.2) is 14.8 Å². The van der Waals surface area contributed by atoms with Crippen LogP contribution < -0.4 is 10.2 Å². The van der Waals surface area contributed by atoms with E-state index in [1.807, 2.05) is 44.7 Å². The molecule has 2 aromatic rings. The Morgan fingerprint density at radius 1 is 1.15 bits per heavy atom. The quantitative estimate of drug-likeness (QED) is 0.534. The molecule has 1 saturated heterocycles. The lowest BCUT2D eigenvalue weighted by molar-refractivity contribution is -0.134. The average Bonchev–Trinajstić information content (AvgIpc) is 3.82. The second kappa shape index (κ2) is 10.5. The van der Waals surface area contributed by atoms with Gasteiger partial charge in [-0.1, -0.05) is 30.7 Å². The highest BCUT2D eigenvalue weighted by atomic mass is 35.5. The zero-order valence-electron chi connectivity index (χ0n) is 24.0. The molecule has 1 aromatic carbocycles. The largest absolute Gasteiger partial charge is 0.444 e. The van der Waals surface area contributed by atoms with E-state index in [2.05, 4.69) is 20.2 Å². The van der Waals surface area contributed by atoms with Crippen LogP contribution in [-0.2, 0) is 14.3 Å². The molecule has 2 aliphatic heterocycles. The number of nitrogens with one attached hydrogen (secondary N) is 1. The first kappa shape index (κ1) is 27.8. The van der Waals surface area contributed by atoms with Gasteiger partial charge in [0, 0.05) is 42.7 Å². The predicted octanol–water partition coefficient (Wildman–Crippen LogP) is 4.55. The Hall–Kier alpha value is -3.40. The van der Waals surface area contributed by atoms with E-state index in [9.17, 15) is 14.4 Å². The smallest absolute Gasteiger partial charge is 0.410 e. The molecule has 1 aromatic heterocycles. The number of aromatic nitrogens is 2. The summed E-state index contributed by atoms with van der Waals surface area (Å²) >= 11 is 6.19. The van der Waals surface area contributed by atoms with E-state index in [0.717, 1.165) is 36.2 Å². The molecule has 41 heavy (non-hydrogen) atoms. The number of hydrogen-bond acceptors (Lipinski definition) is 7. The van der Waals surface area contributed by atoms with Crippen molar-refractivity contribution in [3.63, 3.8) is 0 Å². The van der Waals surface area contributed by atoms with Gasteiger partial charge < -0.3 is 24.8 Å². The highest BCUT2D eigenvalue weighted by Crippen LogP contribution is 2.45. The Bertz CT molecular complexity index is 1360. The number of amides is 3. The Labute approximate surface area is 245 Å². The van der Waals surface area contributed by atoms with E-state index in [-0.39, 0.29) is 48.5 Å². The Kier molecular flexibility index (Phi) is 7.08. The van der Waals surface area contributed by atoms with Crippen LogP contribution >= 0.6 is 11.6 Å². The van der Waals surface area contributed by atoms with Crippen molar-refractivity contribution in [1.82, 2.24) is 19.8 Å². The van der Waals surface area contributed by atoms with Gasteiger partial charge in [-0.05, 0) is 63.6 Å². The zero-order valence-corrected chi connectivity index (χ0v) is 24.7. The van der Waals surface area contributed by atoms with Crippen LogP contribution in [0, 0.1) is 0 Å². The third-order valence-electron chi connectivity index (χ3n) is 8.33. The molecule has 3 fully saturated rings. The molecule has 4 atom stereocenters. The van der Waals surface area contributed by atoms with E-state index < -0.39 is 11.5 Å². The first-order valence-corrected chi connectivity index (χ1v) is 14.8. The number of rotatable bonds is 6. The SMILES string of the molecule is C[C@@H]1CC(=O)Nc2ncnc(N3CCN(C(=O)[C@H](CN(C(=O)OC(C)(C)C)C4CC4)c4ccc(Cl)cc4)[C@@H]4C[C@@H]43)c21. The molecule has 0 spiro atoms. The molecule has 3 heterocycles. The summed E-state index contributed by atoms with van der Waals surface area (Å²) in [6.07, 6.45) is 4.18. The van der Waals surface area contributed by atoms with E-state index in [4.69, 9.17) is 16.3 Å². The van der Waals surface area contributed by atoms with Gasteiger partial charge in [-0.3, -0.25) is 9.59 Å². The molecule has 6 rings (SSSR count). The second-order valence-electron chi connectivity index (χ2n) is 12.7. The third-order valence-corrected chi connectivity index (χ3v) is 8.58. The van der Waals surface area contributed by atoms with Gasteiger partial charge in [0.15, 0.2) is 0 Å². The molecule has 10 nitrogen and oxygen atoms in total. The maximum Gasteiger partial charge on any atom is 0.410 e. The minimum absolute atomic E-state index is 0.0130. The number of fused-ring (bicyclic) bond motifs is 2. The van der Waals surface area contributed by atoms with Crippen molar-refractivity contribution >= 4 is 41.1 Å². The number of hydrogen-bond donors (Lipinski definition) is 1. The minimum atomic E-state index is -0.623. The number of halogens is 1. The van der Waals surface area contributed by atoms with Crippen molar-refractivity contribution in [1.29, 1.82) is 0 Å². The minimum Gasteiger partial charge on any atom is -0.444 e. The topological polar surface area (TPSA) is 108 Å². The van der Waals surface area contributed by atoms with Crippen molar-refractivity contribution < 1.29 is 19.1 Å². The van der Waals surface area contributed by atoms with E-state index in [0.29, 0.717) is 30.4 Å². The number of ether oxygens (including phenoxy) is 1. The number of carbonyl (C=O) groups is 3. The summed E-state index contributed by atoms with van der Waals surface area (Å²) in [4.78, 5) is 54.5. The highest BCUT2D eigenvalue weighted by molar-refractivity contribution is 6.30. The first-order valence-electron chi connectivity index (χ1n) is 14.5. The summed E-state index contributed by atoms with van der Waals surface area (Å²) in [5, 5.41) is 3.48. The maximum atomic E-state index is 14.3. The number of nitrogens with zero attached hydrogens (tertiary/aromatic N) is 5. The summed E-state index contributed by atoms with van der Waals surface area (Å²) in [6.45, 7) is 9.02. The second-order valence-corrected chi connectivity index (χ2v) is 13.1. The fourth-order valence-corrected chi connectivity index (χ4v) is 6.28. The summed E-state index contributed by atoms with van der Waals surface area (Å²) in [6, 6.07) is 7.64. The molecule has 4 aliphatic rings. The molecule has 2 aliphatic carbocycles. The van der Waals surface area contributed by atoms with E-state index in [1.165, 1.54) is 6.33 Å². The third kappa shape index (κ3) is 5.71. The van der Waals surface area contributed by atoms with E-state index in [1.54, 1.807) is 17.0 Å². The van der Waals surface area contributed by atoms with Gasteiger partial charge in [0.25, 0.3) is 0 Å². The summed E-state index contributed by atoms with van der Waals surface area (Å²) in [5.74, 6) is 0.895. The molecule has 3 amide bonds. The first-order chi connectivity index (χ1) is 19.5. The van der Waals surface area contributed by atoms with Gasteiger partial charge in [0.1, 0.15) is 23.6 Å². The standard InChI is InChI=1S/C30H37ClN6O4/c1-17-13-24(38)34-26-25(17)27(33-16-32-26)35-11-12-36(23-14-22(23)35)28(39)21(18-5-7-19(31)8-6-18)15-37(20-9-10-20)29(40)41-30(2,3)4/h5-8,16-17,20-23H,9-15H2,1-4H3,(H,32,33,34,38)/t17-,21-,22+,23-/m1/s1. The van der Waals surface area contributed by atoms with Gasteiger partial charge >= 0.3 is 6.09 Å². The predicted molar refractivity (Wildman–Crippen MR) is 155 cm³/mol. The number of benzene rings is 1. The van der Waals surface area contributed by atoms with Crippen LogP contribution in [0.3, 0.4) is 0 Å². The Morgan fingerprint density at radius 2 is 1.88 bits per heavy atom. The lowest BCUT2D eigenvalue weighted by Gasteiger charge is -2.39. The molecule has 0 radical (unpaired) electrons. The monoisotopic (exact) mass is 580 g/mol. The maximum absolute atomic E-state index is 14.3. The number of anilines is 2. The Balaban J connectivity index is 1.23. The van der Waals surface area contributed by atoms with Gasteiger partial charge in [-0.15, -0.1) is 0 Å². The fraction of sp³-hybridized carbons (Fsp3) is 0.567. The highest BCUT2D eigenvalue weighted by Gasteiger charge is 2.53. The van der Waals surface area contributed by atoms with E-state index >= 15 is 0 Å². The van der Waals surface area contributed by atoms with Gasteiger partial charge in [-0.2, -0.15) is 0 Å². The molecule has 1 N–H and O–H groups in total. The van der Waals surface area contributed by atoms with Gasteiger partial charge in [0.05, 0.1) is 18.0 Å². The molecule has 218 valence electrons. The normalized spacial score (nSPS) is 24.1. The van der Waals surface area contributed by atoms with Crippen molar-refractivity contribution in [2.75, 3.05) is 29.9 Å². The van der Waals surface area contributed by atoms with Crippen LogP contribution in [0.1, 0.15) is 76.3 Å².